The van der Waals surface area contributed by atoms with Crippen molar-refractivity contribution in [1.82, 2.24) is 9.78 Å². The molecule has 0 spiro atoms. The first-order valence-corrected chi connectivity index (χ1v) is 6.40. The summed E-state index contributed by atoms with van der Waals surface area (Å²) < 4.78 is 7.32. The molecule has 0 saturated heterocycles. The molecule has 6 nitrogen and oxygen atoms in total. The van der Waals surface area contributed by atoms with E-state index in [4.69, 9.17) is 10.5 Å². The van der Waals surface area contributed by atoms with Crippen molar-refractivity contribution >= 4 is 17.3 Å². The molecule has 2 heterocycles. The highest BCUT2D eigenvalue weighted by molar-refractivity contribution is 5.99. The zero-order chi connectivity index (χ0) is 14.3. The molecule has 0 saturated carbocycles. The Balaban J connectivity index is 1.98. The summed E-state index contributed by atoms with van der Waals surface area (Å²) in [5.41, 5.74) is 7.94. The summed E-state index contributed by atoms with van der Waals surface area (Å²) in [6.45, 7) is 2.16. The lowest BCUT2D eigenvalue weighted by atomic mass is 10.1. The number of rotatable bonds is 2. The van der Waals surface area contributed by atoms with Crippen molar-refractivity contribution < 1.29 is 9.53 Å². The van der Waals surface area contributed by atoms with Gasteiger partial charge in [-0.05, 0) is 25.1 Å². The summed E-state index contributed by atoms with van der Waals surface area (Å²) in [5.74, 6) is 0.556. The molecule has 1 unspecified atom stereocenters. The van der Waals surface area contributed by atoms with Gasteiger partial charge in [0.1, 0.15) is 5.75 Å². The number of ether oxygens (including phenoxy) is 1. The molecule has 1 atom stereocenters. The quantitative estimate of drug-likeness (QED) is 0.837. The van der Waals surface area contributed by atoms with Gasteiger partial charge >= 0.3 is 0 Å². The fourth-order valence-corrected chi connectivity index (χ4v) is 2.30. The van der Waals surface area contributed by atoms with E-state index in [1.54, 1.807) is 34.7 Å². The van der Waals surface area contributed by atoms with E-state index in [-0.39, 0.29) is 5.91 Å². The van der Waals surface area contributed by atoms with E-state index in [0.717, 1.165) is 11.4 Å². The summed E-state index contributed by atoms with van der Waals surface area (Å²) in [5, 5.41) is 4.31. The fraction of sp³-hybridized carbons (Fsp3) is 0.286. The van der Waals surface area contributed by atoms with E-state index in [9.17, 15) is 4.79 Å². The largest absolute Gasteiger partial charge is 0.479 e. The van der Waals surface area contributed by atoms with Crippen molar-refractivity contribution in [2.75, 3.05) is 10.6 Å². The number of hydrogen-bond acceptors (Lipinski definition) is 4. The van der Waals surface area contributed by atoms with Gasteiger partial charge < -0.3 is 10.5 Å². The zero-order valence-corrected chi connectivity index (χ0v) is 11.4. The molecule has 0 bridgehead atoms. The molecule has 0 radical (unpaired) electrons. The maximum absolute atomic E-state index is 12.3. The van der Waals surface area contributed by atoms with Crippen LogP contribution >= 0.6 is 0 Å². The van der Waals surface area contributed by atoms with Gasteiger partial charge in [-0.3, -0.25) is 14.4 Å². The number of nitrogens with zero attached hydrogens (tertiary/aromatic N) is 3. The second-order valence-electron chi connectivity index (χ2n) is 4.89. The van der Waals surface area contributed by atoms with Crippen molar-refractivity contribution in [3.8, 4) is 5.75 Å². The van der Waals surface area contributed by atoms with Crippen LogP contribution in [0.15, 0.2) is 30.5 Å². The van der Waals surface area contributed by atoms with Crippen LogP contribution in [0.1, 0.15) is 12.6 Å². The van der Waals surface area contributed by atoms with Gasteiger partial charge in [0, 0.05) is 25.0 Å². The monoisotopic (exact) mass is 272 g/mol. The highest BCUT2D eigenvalue weighted by atomic mass is 16.5. The maximum Gasteiger partial charge on any atom is 0.268 e. The van der Waals surface area contributed by atoms with Crippen LogP contribution in [-0.2, 0) is 18.4 Å². The Bertz CT molecular complexity index is 665. The summed E-state index contributed by atoms with van der Waals surface area (Å²) >= 11 is 0. The first-order valence-electron chi connectivity index (χ1n) is 6.40. The molecule has 0 aliphatic carbocycles. The van der Waals surface area contributed by atoms with Gasteiger partial charge in [-0.1, -0.05) is 0 Å². The molecule has 1 aromatic heterocycles. The molecule has 1 amide bonds. The number of fused-ring (bicyclic) bond motifs is 1. The first-order chi connectivity index (χ1) is 9.54. The summed E-state index contributed by atoms with van der Waals surface area (Å²) in [7, 11) is 1.85. The number of hydrogen-bond donors (Lipinski definition) is 1. The number of amides is 1. The third-order valence-electron chi connectivity index (χ3n) is 3.28. The van der Waals surface area contributed by atoms with E-state index < -0.39 is 6.10 Å². The molecule has 2 N–H and O–H groups in total. The summed E-state index contributed by atoms with van der Waals surface area (Å²) in [6, 6.07) is 7.20. The fourth-order valence-electron chi connectivity index (χ4n) is 2.30. The first kappa shape index (κ1) is 12.5. The topological polar surface area (TPSA) is 73.4 Å². The van der Waals surface area contributed by atoms with Gasteiger partial charge in [0.2, 0.25) is 0 Å². The summed E-state index contributed by atoms with van der Waals surface area (Å²) in [4.78, 5) is 14.0. The minimum absolute atomic E-state index is 0.0760. The second-order valence-corrected chi connectivity index (χ2v) is 4.89. The van der Waals surface area contributed by atoms with Gasteiger partial charge in [0.15, 0.2) is 6.10 Å². The van der Waals surface area contributed by atoms with Gasteiger partial charge in [-0.15, -0.1) is 0 Å². The molecule has 20 heavy (non-hydrogen) atoms. The van der Waals surface area contributed by atoms with Crippen LogP contribution in [0.25, 0.3) is 0 Å². The number of carbonyl (C=O) groups is 1. The molecule has 104 valence electrons. The van der Waals surface area contributed by atoms with Gasteiger partial charge in [-0.25, -0.2) is 0 Å². The molecule has 6 heteroatoms. The Hall–Kier alpha value is -2.50. The van der Waals surface area contributed by atoms with Crippen LogP contribution in [0.4, 0.5) is 11.4 Å². The zero-order valence-electron chi connectivity index (χ0n) is 11.4. The number of nitrogens with two attached hydrogens (primary N) is 1. The van der Waals surface area contributed by atoms with E-state index in [1.807, 2.05) is 19.3 Å². The smallest absolute Gasteiger partial charge is 0.268 e. The second kappa shape index (κ2) is 4.56. The van der Waals surface area contributed by atoms with Crippen molar-refractivity contribution in [2.24, 2.45) is 7.05 Å². The van der Waals surface area contributed by atoms with Crippen molar-refractivity contribution in [3.05, 3.63) is 36.2 Å². The normalized spacial score (nSPS) is 17.8. The van der Waals surface area contributed by atoms with Crippen LogP contribution in [0, 0.1) is 0 Å². The Labute approximate surface area is 116 Å². The molecule has 2 aromatic rings. The third kappa shape index (κ3) is 2.09. The van der Waals surface area contributed by atoms with Crippen molar-refractivity contribution in [3.63, 3.8) is 0 Å². The Morgan fingerprint density at radius 3 is 2.90 bits per heavy atom. The number of carbonyl (C=O) groups excluding carboxylic acids is 1. The van der Waals surface area contributed by atoms with Crippen LogP contribution in [0.3, 0.4) is 0 Å². The Morgan fingerprint density at radius 2 is 2.20 bits per heavy atom. The standard InChI is InChI=1S/C14H16N4O2/c1-9-14(19)18(8-11-5-6-17(2)16-11)12-4-3-10(15)7-13(12)20-9/h3-7,9H,8,15H2,1-2H3. The average molecular weight is 272 g/mol. The number of anilines is 2. The highest BCUT2D eigenvalue weighted by Crippen LogP contribution is 2.36. The third-order valence-corrected chi connectivity index (χ3v) is 3.28. The molecule has 1 aliphatic heterocycles. The van der Waals surface area contributed by atoms with Gasteiger partial charge in [0.25, 0.3) is 5.91 Å². The molecule has 1 aromatic carbocycles. The molecule has 0 fully saturated rings. The van der Waals surface area contributed by atoms with Gasteiger partial charge in [0.05, 0.1) is 17.9 Å². The van der Waals surface area contributed by atoms with E-state index in [0.29, 0.717) is 18.0 Å². The van der Waals surface area contributed by atoms with E-state index in [1.165, 1.54) is 0 Å². The highest BCUT2D eigenvalue weighted by Gasteiger charge is 2.31. The van der Waals surface area contributed by atoms with Crippen LogP contribution in [-0.4, -0.2) is 21.8 Å². The minimum Gasteiger partial charge on any atom is -0.479 e. The number of nitrogen functional groups attached to an aromatic ring is 1. The Kier molecular flexibility index (Phi) is 2.85. The Morgan fingerprint density at radius 1 is 1.40 bits per heavy atom. The van der Waals surface area contributed by atoms with E-state index >= 15 is 0 Å². The maximum atomic E-state index is 12.3. The predicted molar refractivity (Wildman–Crippen MR) is 75.3 cm³/mol. The molecule has 1 aliphatic rings. The number of benzene rings is 1. The number of aryl methyl sites for hydroxylation is 1. The lowest BCUT2D eigenvalue weighted by Gasteiger charge is -2.32. The van der Waals surface area contributed by atoms with Crippen molar-refractivity contribution in [1.29, 1.82) is 0 Å². The molecule has 3 rings (SSSR count). The molecular formula is C14H16N4O2. The summed E-state index contributed by atoms with van der Waals surface area (Å²) in [6.07, 6.45) is 1.33. The number of aromatic nitrogens is 2. The predicted octanol–water partition coefficient (Wildman–Crippen LogP) is 1.32. The lowest BCUT2D eigenvalue weighted by molar-refractivity contribution is -0.125. The van der Waals surface area contributed by atoms with Crippen LogP contribution < -0.4 is 15.4 Å². The van der Waals surface area contributed by atoms with Crippen molar-refractivity contribution in [2.45, 2.75) is 19.6 Å². The lowest BCUT2D eigenvalue weighted by Crippen LogP contribution is -2.44. The molecular weight excluding hydrogens is 256 g/mol. The van der Waals surface area contributed by atoms with Crippen LogP contribution in [0.2, 0.25) is 0 Å². The average Bonchev–Trinajstić information content (AvgIpc) is 2.80. The van der Waals surface area contributed by atoms with Crippen LogP contribution in [0.5, 0.6) is 5.75 Å². The minimum atomic E-state index is -0.520. The van der Waals surface area contributed by atoms with E-state index in [2.05, 4.69) is 5.10 Å². The van der Waals surface area contributed by atoms with Gasteiger partial charge in [-0.2, -0.15) is 5.10 Å². The SMILES string of the molecule is CC1Oc2cc(N)ccc2N(Cc2ccn(C)n2)C1=O.